The van der Waals surface area contributed by atoms with Crippen LogP contribution in [0.3, 0.4) is 0 Å². The molecular formula is C26H30N4O2. The number of aliphatic hydroxyl groups is 1. The number of carbonyl (C=O) groups excluding carboxylic acids is 1. The molecule has 1 amide bonds. The van der Waals surface area contributed by atoms with Crippen molar-refractivity contribution in [3.63, 3.8) is 0 Å². The molecule has 1 aliphatic heterocycles. The number of rotatable bonds is 7. The van der Waals surface area contributed by atoms with Crippen LogP contribution in [0.4, 0.5) is 11.5 Å². The molecular weight excluding hydrogens is 400 g/mol. The number of hydrogen-bond donors (Lipinski definition) is 2. The number of carbonyl (C=O) groups is 1. The summed E-state index contributed by atoms with van der Waals surface area (Å²) >= 11 is 0. The van der Waals surface area contributed by atoms with Crippen LogP contribution in [0.2, 0.25) is 0 Å². The predicted octanol–water partition coefficient (Wildman–Crippen LogP) is 3.40. The number of amides is 1. The summed E-state index contributed by atoms with van der Waals surface area (Å²) in [6.45, 7) is 5.39. The van der Waals surface area contributed by atoms with Crippen LogP contribution in [-0.4, -0.2) is 48.4 Å². The van der Waals surface area contributed by atoms with Crippen LogP contribution in [0.25, 0.3) is 0 Å². The number of nitrogens with zero attached hydrogens (tertiary/aromatic N) is 3. The van der Waals surface area contributed by atoms with E-state index in [9.17, 15) is 9.90 Å². The van der Waals surface area contributed by atoms with Crippen molar-refractivity contribution in [3.05, 3.63) is 89.6 Å². The standard InChI is InChI=1S/C26H30N4O2/c1-20-7-5-10-22(19-20)29-15-17-30(18-16-29)25-23(11-6-14-27-25)26(32)28-24(31)13-12-21-8-3-2-4-9-21/h2-11,14,19,24,31H,12-13,15-18H2,1H3,(H,28,32). The van der Waals surface area contributed by atoms with Gasteiger partial charge in [0, 0.05) is 38.1 Å². The first-order valence-electron chi connectivity index (χ1n) is 11.1. The predicted molar refractivity (Wildman–Crippen MR) is 128 cm³/mol. The van der Waals surface area contributed by atoms with Crippen LogP contribution in [0, 0.1) is 6.92 Å². The zero-order chi connectivity index (χ0) is 22.3. The van der Waals surface area contributed by atoms with E-state index in [2.05, 4.69) is 51.3 Å². The fourth-order valence-corrected chi connectivity index (χ4v) is 4.08. The molecule has 1 unspecified atom stereocenters. The van der Waals surface area contributed by atoms with Gasteiger partial charge in [0.15, 0.2) is 0 Å². The molecule has 0 spiro atoms. The van der Waals surface area contributed by atoms with E-state index in [1.165, 1.54) is 11.3 Å². The average molecular weight is 431 g/mol. The number of piperazine rings is 1. The molecule has 166 valence electrons. The normalized spacial score (nSPS) is 14.8. The van der Waals surface area contributed by atoms with E-state index in [1.807, 2.05) is 30.3 Å². The Labute approximate surface area is 189 Å². The van der Waals surface area contributed by atoms with Gasteiger partial charge in [-0.05, 0) is 55.2 Å². The first kappa shape index (κ1) is 21.8. The minimum atomic E-state index is -0.908. The number of hydrogen-bond acceptors (Lipinski definition) is 5. The minimum absolute atomic E-state index is 0.297. The summed E-state index contributed by atoms with van der Waals surface area (Å²) in [6.07, 6.45) is 1.96. The highest BCUT2D eigenvalue weighted by molar-refractivity contribution is 5.99. The minimum Gasteiger partial charge on any atom is -0.374 e. The lowest BCUT2D eigenvalue weighted by atomic mass is 10.1. The molecule has 4 rings (SSSR count). The fourth-order valence-electron chi connectivity index (χ4n) is 4.08. The van der Waals surface area contributed by atoms with E-state index in [0.717, 1.165) is 31.7 Å². The van der Waals surface area contributed by atoms with E-state index in [1.54, 1.807) is 18.3 Å². The molecule has 2 N–H and O–H groups in total. The van der Waals surface area contributed by atoms with Gasteiger partial charge in [-0.2, -0.15) is 0 Å². The van der Waals surface area contributed by atoms with Crippen molar-refractivity contribution in [2.75, 3.05) is 36.0 Å². The summed E-state index contributed by atoms with van der Waals surface area (Å²) in [6, 6.07) is 22.0. The molecule has 1 fully saturated rings. The zero-order valence-electron chi connectivity index (χ0n) is 18.4. The Hall–Kier alpha value is -3.38. The molecule has 2 aromatic carbocycles. The maximum absolute atomic E-state index is 12.9. The lowest BCUT2D eigenvalue weighted by Crippen LogP contribution is -2.47. The molecule has 6 nitrogen and oxygen atoms in total. The summed E-state index contributed by atoms with van der Waals surface area (Å²) in [5.74, 6) is 0.374. The van der Waals surface area contributed by atoms with Gasteiger partial charge in [0.2, 0.25) is 0 Å². The Morgan fingerprint density at radius 3 is 2.50 bits per heavy atom. The molecule has 0 aliphatic carbocycles. The molecule has 1 aromatic heterocycles. The summed E-state index contributed by atoms with van der Waals surface area (Å²) in [5.41, 5.74) is 4.11. The van der Waals surface area contributed by atoms with Gasteiger partial charge in [0.1, 0.15) is 12.0 Å². The van der Waals surface area contributed by atoms with Crippen molar-refractivity contribution in [1.82, 2.24) is 10.3 Å². The Morgan fingerprint density at radius 2 is 1.75 bits per heavy atom. The van der Waals surface area contributed by atoms with E-state index in [-0.39, 0.29) is 5.91 Å². The first-order valence-corrected chi connectivity index (χ1v) is 11.1. The highest BCUT2D eigenvalue weighted by Crippen LogP contribution is 2.22. The largest absolute Gasteiger partial charge is 0.374 e. The monoisotopic (exact) mass is 430 g/mol. The van der Waals surface area contributed by atoms with Gasteiger partial charge in [-0.15, -0.1) is 0 Å². The Morgan fingerprint density at radius 1 is 1.00 bits per heavy atom. The number of benzene rings is 2. The van der Waals surface area contributed by atoms with Gasteiger partial charge in [-0.25, -0.2) is 4.98 Å². The van der Waals surface area contributed by atoms with Crippen LogP contribution in [0.15, 0.2) is 72.9 Å². The maximum Gasteiger partial charge on any atom is 0.257 e. The van der Waals surface area contributed by atoms with Crippen molar-refractivity contribution in [2.24, 2.45) is 0 Å². The quantitative estimate of drug-likeness (QED) is 0.563. The molecule has 0 radical (unpaired) electrons. The van der Waals surface area contributed by atoms with Crippen molar-refractivity contribution in [1.29, 1.82) is 0 Å². The van der Waals surface area contributed by atoms with Gasteiger partial charge in [0.25, 0.3) is 5.91 Å². The lowest BCUT2D eigenvalue weighted by molar-refractivity contribution is 0.0766. The van der Waals surface area contributed by atoms with Gasteiger partial charge in [-0.1, -0.05) is 42.5 Å². The molecule has 1 saturated heterocycles. The Balaban J connectivity index is 1.36. The molecule has 0 saturated carbocycles. The van der Waals surface area contributed by atoms with Crippen LogP contribution >= 0.6 is 0 Å². The third-order valence-electron chi connectivity index (χ3n) is 5.82. The number of aliphatic hydroxyl groups excluding tert-OH is 1. The second kappa shape index (κ2) is 10.3. The molecule has 2 heterocycles. The van der Waals surface area contributed by atoms with Crippen LogP contribution in [-0.2, 0) is 6.42 Å². The second-order valence-corrected chi connectivity index (χ2v) is 8.20. The maximum atomic E-state index is 12.9. The molecule has 1 aliphatic rings. The lowest BCUT2D eigenvalue weighted by Gasteiger charge is -2.37. The van der Waals surface area contributed by atoms with E-state index < -0.39 is 6.23 Å². The zero-order valence-corrected chi connectivity index (χ0v) is 18.4. The number of anilines is 2. The van der Waals surface area contributed by atoms with Crippen molar-refractivity contribution >= 4 is 17.4 Å². The summed E-state index contributed by atoms with van der Waals surface area (Å²) in [5, 5.41) is 13.1. The van der Waals surface area contributed by atoms with Gasteiger partial charge >= 0.3 is 0 Å². The molecule has 32 heavy (non-hydrogen) atoms. The van der Waals surface area contributed by atoms with Crippen LogP contribution in [0.5, 0.6) is 0 Å². The fraction of sp³-hybridized carbons (Fsp3) is 0.308. The van der Waals surface area contributed by atoms with Gasteiger partial charge in [0.05, 0.1) is 5.56 Å². The summed E-state index contributed by atoms with van der Waals surface area (Å²) in [7, 11) is 0. The van der Waals surface area contributed by atoms with E-state index >= 15 is 0 Å². The highest BCUT2D eigenvalue weighted by atomic mass is 16.3. The van der Waals surface area contributed by atoms with Crippen LogP contribution in [0.1, 0.15) is 27.9 Å². The summed E-state index contributed by atoms with van der Waals surface area (Å²) in [4.78, 5) is 21.9. The van der Waals surface area contributed by atoms with Crippen molar-refractivity contribution in [2.45, 2.75) is 26.0 Å². The van der Waals surface area contributed by atoms with Gasteiger partial charge in [-0.3, -0.25) is 4.79 Å². The van der Waals surface area contributed by atoms with E-state index in [0.29, 0.717) is 24.2 Å². The third kappa shape index (κ3) is 5.45. The summed E-state index contributed by atoms with van der Waals surface area (Å²) < 4.78 is 0. The van der Waals surface area contributed by atoms with Crippen molar-refractivity contribution < 1.29 is 9.90 Å². The Kier molecular flexibility index (Phi) is 7.02. The first-order chi connectivity index (χ1) is 15.6. The number of pyridine rings is 1. The van der Waals surface area contributed by atoms with Gasteiger partial charge < -0.3 is 20.2 Å². The smallest absolute Gasteiger partial charge is 0.257 e. The topological polar surface area (TPSA) is 68.7 Å². The number of aromatic nitrogens is 1. The average Bonchev–Trinajstić information content (AvgIpc) is 2.83. The van der Waals surface area contributed by atoms with E-state index in [4.69, 9.17) is 0 Å². The number of nitrogens with one attached hydrogen (secondary N) is 1. The van der Waals surface area contributed by atoms with Crippen LogP contribution < -0.4 is 15.1 Å². The molecule has 3 aromatic rings. The molecule has 6 heteroatoms. The molecule has 0 bridgehead atoms. The van der Waals surface area contributed by atoms with Crippen molar-refractivity contribution in [3.8, 4) is 0 Å². The highest BCUT2D eigenvalue weighted by Gasteiger charge is 2.23. The SMILES string of the molecule is Cc1cccc(N2CCN(c3ncccc3C(=O)NC(O)CCc3ccccc3)CC2)c1. The third-order valence-corrected chi connectivity index (χ3v) is 5.82. The second-order valence-electron chi connectivity index (χ2n) is 8.20. The Bertz CT molecular complexity index is 1030. The number of aryl methyl sites for hydroxylation is 2. The molecule has 1 atom stereocenters.